The Morgan fingerprint density at radius 2 is 2.00 bits per heavy atom. The third-order valence-electron chi connectivity index (χ3n) is 3.87. The quantitative estimate of drug-likeness (QED) is 0.730. The minimum absolute atomic E-state index is 0.238. The van der Waals surface area contributed by atoms with Gasteiger partial charge in [-0.3, -0.25) is 0 Å². The van der Waals surface area contributed by atoms with E-state index in [2.05, 4.69) is 17.0 Å². The maximum atomic E-state index is 12.8. The Morgan fingerprint density at radius 3 is 2.64 bits per heavy atom. The molecule has 1 saturated heterocycles. The number of hydrogen-bond donors (Lipinski definition) is 0. The van der Waals surface area contributed by atoms with Crippen LogP contribution in [0.4, 0.5) is 0 Å². The first kappa shape index (κ1) is 17.8. The molecule has 1 fully saturated rings. The third-order valence-corrected chi connectivity index (χ3v) is 6.89. The van der Waals surface area contributed by atoms with Gasteiger partial charge in [-0.25, -0.2) is 8.42 Å². The molecule has 1 aliphatic rings. The topological polar surface area (TPSA) is 66.7 Å². The van der Waals surface area contributed by atoms with Gasteiger partial charge in [-0.15, -0.1) is 0 Å². The number of aryl methyl sites for hydroxylation is 2. The average Bonchev–Trinajstić information content (AvgIpc) is 2.68. The highest BCUT2D eigenvalue weighted by Gasteiger charge is 2.32. The van der Waals surface area contributed by atoms with Gasteiger partial charge in [0.15, 0.2) is 5.76 Å². The third kappa shape index (κ3) is 4.04. The Morgan fingerprint density at radius 1 is 1.23 bits per heavy atom. The highest BCUT2D eigenvalue weighted by Crippen LogP contribution is 2.24. The van der Waals surface area contributed by atoms with Crippen molar-refractivity contribution in [1.82, 2.24) is 14.4 Å². The zero-order valence-electron chi connectivity index (χ0n) is 13.5. The molecule has 0 N–H and O–H groups in total. The van der Waals surface area contributed by atoms with E-state index in [1.165, 1.54) is 0 Å². The van der Waals surface area contributed by atoms with Crippen LogP contribution in [0.1, 0.15) is 24.8 Å². The second kappa shape index (κ2) is 7.81. The zero-order chi connectivity index (χ0) is 16.2. The summed E-state index contributed by atoms with van der Waals surface area (Å²) in [6.45, 7) is 9.34. The SMILES string of the molecule is CCSCCN1CCCN(S(=O)(=O)c2c(C)noc2C)CC1. The van der Waals surface area contributed by atoms with E-state index in [4.69, 9.17) is 4.52 Å². The fourth-order valence-corrected chi connectivity index (χ4v) is 5.16. The number of rotatable bonds is 6. The van der Waals surface area contributed by atoms with Crippen molar-refractivity contribution in [3.63, 3.8) is 0 Å². The summed E-state index contributed by atoms with van der Waals surface area (Å²) in [5.74, 6) is 2.60. The largest absolute Gasteiger partial charge is 0.360 e. The van der Waals surface area contributed by atoms with E-state index in [1.54, 1.807) is 18.2 Å². The van der Waals surface area contributed by atoms with Crippen LogP contribution in [0.2, 0.25) is 0 Å². The lowest BCUT2D eigenvalue weighted by Crippen LogP contribution is -2.36. The molecule has 1 aromatic rings. The fraction of sp³-hybridized carbons (Fsp3) is 0.786. The van der Waals surface area contributed by atoms with Gasteiger partial charge in [0.1, 0.15) is 10.6 Å². The molecular weight excluding hydrogens is 322 g/mol. The molecule has 126 valence electrons. The Balaban J connectivity index is 2.04. The predicted molar refractivity (Wildman–Crippen MR) is 88.8 cm³/mol. The Kier molecular flexibility index (Phi) is 6.31. The number of hydrogen-bond acceptors (Lipinski definition) is 6. The van der Waals surface area contributed by atoms with Gasteiger partial charge in [0.2, 0.25) is 10.0 Å². The van der Waals surface area contributed by atoms with E-state index in [0.717, 1.165) is 37.6 Å². The van der Waals surface area contributed by atoms with Gasteiger partial charge in [0.05, 0.1) is 0 Å². The molecule has 0 saturated carbocycles. The van der Waals surface area contributed by atoms with Crippen LogP contribution in [0, 0.1) is 13.8 Å². The van der Waals surface area contributed by atoms with Gasteiger partial charge >= 0.3 is 0 Å². The van der Waals surface area contributed by atoms with Crippen molar-refractivity contribution in [2.45, 2.75) is 32.1 Å². The lowest BCUT2D eigenvalue weighted by molar-refractivity contribution is 0.304. The van der Waals surface area contributed by atoms with Crippen molar-refractivity contribution in [1.29, 1.82) is 0 Å². The molecular formula is C14H25N3O3S2. The van der Waals surface area contributed by atoms with Gasteiger partial charge in [-0.05, 0) is 32.6 Å². The molecule has 0 unspecified atom stereocenters. The first-order chi connectivity index (χ1) is 10.5. The maximum Gasteiger partial charge on any atom is 0.248 e. The minimum atomic E-state index is -3.51. The van der Waals surface area contributed by atoms with E-state index in [0.29, 0.717) is 24.5 Å². The van der Waals surface area contributed by atoms with Crippen LogP contribution in [0.25, 0.3) is 0 Å². The molecule has 0 atom stereocenters. The molecule has 1 aliphatic heterocycles. The molecule has 22 heavy (non-hydrogen) atoms. The standard InChI is InChI=1S/C14H25N3O3S2/c1-4-21-11-10-16-6-5-7-17(9-8-16)22(18,19)14-12(2)15-20-13(14)3/h4-11H2,1-3H3. The molecule has 2 heterocycles. The van der Waals surface area contributed by atoms with Gasteiger partial charge in [-0.1, -0.05) is 12.1 Å². The molecule has 0 bridgehead atoms. The van der Waals surface area contributed by atoms with Crippen molar-refractivity contribution in [3.8, 4) is 0 Å². The van der Waals surface area contributed by atoms with E-state index >= 15 is 0 Å². The summed E-state index contributed by atoms with van der Waals surface area (Å²) in [5.41, 5.74) is 0.443. The van der Waals surface area contributed by atoms with Crippen LogP contribution >= 0.6 is 11.8 Å². The smallest absolute Gasteiger partial charge is 0.248 e. The number of aromatic nitrogens is 1. The first-order valence-corrected chi connectivity index (χ1v) is 10.3. The minimum Gasteiger partial charge on any atom is -0.360 e. The van der Waals surface area contributed by atoms with Crippen LogP contribution in [-0.2, 0) is 10.0 Å². The molecule has 6 nitrogen and oxygen atoms in total. The average molecular weight is 348 g/mol. The summed E-state index contributed by atoms with van der Waals surface area (Å²) < 4.78 is 32.2. The van der Waals surface area contributed by atoms with Crippen LogP contribution in [0.15, 0.2) is 9.42 Å². The molecule has 2 rings (SSSR count). The summed E-state index contributed by atoms with van der Waals surface area (Å²) in [6, 6.07) is 0. The number of thioether (sulfide) groups is 1. The zero-order valence-corrected chi connectivity index (χ0v) is 15.2. The van der Waals surface area contributed by atoms with Crippen molar-refractivity contribution in [2.24, 2.45) is 0 Å². The molecule has 0 aromatic carbocycles. The maximum absolute atomic E-state index is 12.8. The number of sulfonamides is 1. The van der Waals surface area contributed by atoms with Gasteiger partial charge in [-0.2, -0.15) is 16.1 Å². The fourth-order valence-electron chi connectivity index (χ4n) is 2.72. The van der Waals surface area contributed by atoms with E-state index in [-0.39, 0.29) is 4.90 Å². The summed E-state index contributed by atoms with van der Waals surface area (Å²) in [6.07, 6.45) is 0.861. The van der Waals surface area contributed by atoms with Crippen molar-refractivity contribution in [2.75, 3.05) is 44.2 Å². The summed E-state index contributed by atoms with van der Waals surface area (Å²) in [4.78, 5) is 2.59. The van der Waals surface area contributed by atoms with Crippen LogP contribution < -0.4 is 0 Å². The summed E-state index contributed by atoms with van der Waals surface area (Å²) in [7, 11) is -3.51. The van der Waals surface area contributed by atoms with Crippen molar-refractivity contribution in [3.05, 3.63) is 11.5 Å². The highest BCUT2D eigenvalue weighted by molar-refractivity contribution is 7.99. The van der Waals surface area contributed by atoms with Gasteiger partial charge < -0.3 is 9.42 Å². The number of nitrogens with zero attached hydrogens (tertiary/aromatic N) is 3. The summed E-state index contributed by atoms with van der Waals surface area (Å²) >= 11 is 1.92. The van der Waals surface area contributed by atoms with Crippen LogP contribution in [0.3, 0.4) is 0 Å². The molecule has 1 aromatic heterocycles. The first-order valence-electron chi connectivity index (χ1n) is 7.70. The van der Waals surface area contributed by atoms with Gasteiger partial charge in [0, 0.05) is 31.9 Å². The summed E-state index contributed by atoms with van der Waals surface area (Å²) in [5, 5.41) is 3.77. The van der Waals surface area contributed by atoms with Crippen LogP contribution in [0.5, 0.6) is 0 Å². The van der Waals surface area contributed by atoms with E-state index in [1.807, 2.05) is 11.8 Å². The predicted octanol–water partition coefficient (Wildman–Crippen LogP) is 1.74. The normalized spacial score (nSPS) is 18.5. The molecule has 0 aliphatic carbocycles. The highest BCUT2D eigenvalue weighted by atomic mass is 32.2. The Bertz CT molecular complexity index is 567. The molecule has 0 amide bonds. The lowest BCUT2D eigenvalue weighted by atomic mass is 10.4. The van der Waals surface area contributed by atoms with Crippen molar-refractivity contribution >= 4 is 21.8 Å². The monoisotopic (exact) mass is 347 g/mol. The van der Waals surface area contributed by atoms with Crippen LogP contribution in [-0.4, -0.2) is 67.0 Å². The molecule has 0 radical (unpaired) electrons. The Labute approximate surface area is 137 Å². The van der Waals surface area contributed by atoms with E-state index < -0.39 is 10.0 Å². The molecule has 0 spiro atoms. The molecule has 8 heteroatoms. The Hall–Kier alpha value is -0.570. The van der Waals surface area contributed by atoms with Gasteiger partial charge in [0.25, 0.3) is 0 Å². The van der Waals surface area contributed by atoms with Crippen molar-refractivity contribution < 1.29 is 12.9 Å². The lowest BCUT2D eigenvalue weighted by Gasteiger charge is -2.21. The second-order valence-electron chi connectivity index (χ2n) is 5.45. The second-order valence-corrected chi connectivity index (χ2v) is 8.72. The van der Waals surface area contributed by atoms with E-state index in [9.17, 15) is 8.42 Å².